The zero-order valence-electron chi connectivity index (χ0n) is 9.74. The van der Waals surface area contributed by atoms with E-state index in [1.54, 1.807) is 0 Å². The van der Waals surface area contributed by atoms with E-state index >= 15 is 0 Å². The highest BCUT2D eigenvalue weighted by Crippen LogP contribution is 2.16. The van der Waals surface area contributed by atoms with Crippen molar-refractivity contribution in [2.24, 2.45) is 0 Å². The normalized spacial score (nSPS) is 10.2. The maximum atomic E-state index is 11.8. The summed E-state index contributed by atoms with van der Waals surface area (Å²) in [5.41, 5.74) is 9.27. The summed E-state index contributed by atoms with van der Waals surface area (Å²) in [5, 5.41) is 9.03. The van der Waals surface area contributed by atoms with Crippen LogP contribution in [0.25, 0.3) is 0 Å². The summed E-state index contributed by atoms with van der Waals surface area (Å²) in [6, 6.07) is 5.73. The molecule has 0 radical (unpaired) electrons. The van der Waals surface area contributed by atoms with E-state index in [9.17, 15) is 4.79 Å². The van der Waals surface area contributed by atoms with Gasteiger partial charge in [-0.15, -0.1) is 0 Å². The number of benzene rings is 1. The molecule has 0 spiro atoms. The Morgan fingerprint density at radius 2 is 2.12 bits per heavy atom. The predicted molar refractivity (Wildman–Crippen MR) is 66.9 cm³/mol. The minimum Gasteiger partial charge on any atom is -0.396 e. The number of aryl methyl sites for hydroxylation is 2. The third kappa shape index (κ3) is 2.28. The van der Waals surface area contributed by atoms with Crippen molar-refractivity contribution in [3.8, 4) is 0 Å². The molecule has 4 N–H and O–H groups in total. The molecule has 0 atom stereocenters. The maximum Gasteiger partial charge on any atom is 0.275 e. The van der Waals surface area contributed by atoms with Crippen LogP contribution in [0, 0.1) is 13.8 Å². The first-order valence-corrected chi connectivity index (χ1v) is 5.25. The van der Waals surface area contributed by atoms with Gasteiger partial charge in [-0.25, -0.2) is 0 Å². The van der Waals surface area contributed by atoms with E-state index in [-0.39, 0.29) is 11.6 Å². The first kappa shape index (κ1) is 11.2. The van der Waals surface area contributed by atoms with Gasteiger partial charge in [0.25, 0.3) is 5.91 Å². The van der Waals surface area contributed by atoms with Crippen molar-refractivity contribution < 1.29 is 4.79 Å². The molecule has 1 amide bonds. The lowest BCUT2D eigenvalue weighted by molar-refractivity contribution is 0.102. The molecule has 1 aromatic carbocycles. The summed E-state index contributed by atoms with van der Waals surface area (Å²) in [6.07, 6.45) is 1.41. The Morgan fingerprint density at radius 3 is 2.71 bits per heavy atom. The number of hydrogen-bond acceptors (Lipinski definition) is 3. The van der Waals surface area contributed by atoms with Crippen LogP contribution >= 0.6 is 0 Å². The van der Waals surface area contributed by atoms with Crippen molar-refractivity contribution in [2.75, 3.05) is 11.1 Å². The number of hydrogen-bond donors (Lipinski definition) is 3. The summed E-state index contributed by atoms with van der Waals surface area (Å²) < 4.78 is 0. The number of nitrogens with zero attached hydrogens (tertiary/aromatic N) is 1. The van der Waals surface area contributed by atoms with Gasteiger partial charge in [-0.05, 0) is 37.1 Å². The molecule has 0 saturated heterocycles. The van der Waals surface area contributed by atoms with E-state index in [4.69, 9.17) is 5.73 Å². The third-order valence-electron chi connectivity index (χ3n) is 2.66. The molecule has 0 aliphatic rings. The van der Waals surface area contributed by atoms with Gasteiger partial charge >= 0.3 is 0 Å². The van der Waals surface area contributed by atoms with Crippen molar-refractivity contribution in [2.45, 2.75) is 13.8 Å². The molecule has 1 aromatic heterocycles. The van der Waals surface area contributed by atoms with Gasteiger partial charge in [0.15, 0.2) is 0 Å². The van der Waals surface area contributed by atoms with E-state index in [0.717, 1.165) is 11.3 Å². The first-order valence-electron chi connectivity index (χ1n) is 5.25. The van der Waals surface area contributed by atoms with Crippen LogP contribution in [0.5, 0.6) is 0 Å². The Hall–Kier alpha value is -2.30. The second kappa shape index (κ2) is 4.29. The quantitative estimate of drug-likeness (QED) is 0.736. The Morgan fingerprint density at radius 1 is 1.35 bits per heavy atom. The highest BCUT2D eigenvalue weighted by Gasteiger charge is 2.11. The number of carbonyl (C=O) groups excluding carboxylic acids is 1. The van der Waals surface area contributed by atoms with E-state index in [1.807, 2.05) is 32.0 Å². The molecule has 0 saturated carbocycles. The molecule has 17 heavy (non-hydrogen) atoms. The van der Waals surface area contributed by atoms with Crippen LogP contribution in [-0.2, 0) is 0 Å². The molecule has 2 aromatic rings. The summed E-state index contributed by atoms with van der Waals surface area (Å²) >= 11 is 0. The molecule has 5 heteroatoms. The average Bonchev–Trinajstić information content (AvgIpc) is 2.70. The second-order valence-corrected chi connectivity index (χ2v) is 3.95. The molecule has 0 aliphatic heterocycles. The van der Waals surface area contributed by atoms with Gasteiger partial charge < -0.3 is 11.1 Å². The zero-order chi connectivity index (χ0) is 12.4. The third-order valence-corrected chi connectivity index (χ3v) is 2.66. The predicted octanol–water partition coefficient (Wildman–Crippen LogP) is 1.86. The molecule has 2 rings (SSSR count). The van der Waals surface area contributed by atoms with Gasteiger partial charge in [0, 0.05) is 5.69 Å². The topological polar surface area (TPSA) is 83.8 Å². The monoisotopic (exact) mass is 230 g/mol. The molecule has 0 aliphatic carbocycles. The highest BCUT2D eigenvalue weighted by molar-refractivity contribution is 6.06. The molecule has 0 unspecified atom stereocenters. The van der Waals surface area contributed by atoms with Crippen molar-refractivity contribution in [3.05, 3.63) is 41.2 Å². The lowest BCUT2D eigenvalue weighted by atomic mass is 10.1. The fourth-order valence-corrected chi connectivity index (χ4v) is 1.49. The van der Waals surface area contributed by atoms with Gasteiger partial charge in [0.1, 0.15) is 5.69 Å². The molecular weight excluding hydrogens is 216 g/mol. The Balaban J connectivity index is 2.19. The number of aromatic amines is 1. The number of anilines is 2. The fourth-order valence-electron chi connectivity index (χ4n) is 1.49. The van der Waals surface area contributed by atoms with Crippen LogP contribution in [0.3, 0.4) is 0 Å². The SMILES string of the molecule is Cc1ccc(NC(=O)c2[nH]ncc2N)cc1C. The number of aromatic nitrogens is 2. The van der Waals surface area contributed by atoms with Crippen molar-refractivity contribution in [3.63, 3.8) is 0 Å². The minimum atomic E-state index is -0.289. The summed E-state index contributed by atoms with van der Waals surface area (Å²) in [5.74, 6) is -0.289. The summed E-state index contributed by atoms with van der Waals surface area (Å²) in [7, 11) is 0. The van der Waals surface area contributed by atoms with Gasteiger partial charge in [0.05, 0.1) is 11.9 Å². The van der Waals surface area contributed by atoms with E-state index in [1.165, 1.54) is 11.8 Å². The number of nitrogen functional groups attached to an aromatic ring is 1. The van der Waals surface area contributed by atoms with Crippen LogP contribution in [0.4, 0.5) is 11.4 Å². The number of amides is 1. The van der Waals surface area contributed by atoms with Crippen molar-refractivity contribution in [1.29, 1.82) is 0 Å². The van der Waals surface area contributed by atoms with E-state index in [0.29, 0.717) is 5.69 Å². The van der Waals surface area contributed by atoms with Crippen LogP contribution in [0.2, 0.25) is 0 Å². The van der Waals surface area contributed by atoms with E-state index in [2.05, 4.69) is 15.5 Å². The van der Waals surface area contributed by atoms with Crippen LogP contribution in [-0.4, -0.2) is 16.1 Å². The van der Waals surface area contributed by atoms with Crippen molar-refractivity contribution >= 4 is 17.3 Å². The standard InChI is InChI=1S/C12H14N4O/c1-7-3-4-9(5-8(7)2)15-12(17)11-10(13)6-14-16-11/h3-6H,13H2,1-2H3,(H,14,16)(H,15,17). The minimum absolute atomic E-state index is 0.281. The largest absolute Gasteiger partial charge is 0.396 e. The zero-order valence-corrected chi connectivity index (χ0v) is 9.74. The number of H-pyrrole nitrogens is 1. The molecule has 0 fully saturated rings. The van der Waals surface area contributed by atoms with Gasteiger partial charge in [-0.1, -0.05) is 6.07 Å². The molecule has 5 nitrogen and oxygen atoms in total. The summed E-state index contributed by atoms with van der Waals surface area (Å²) in [4.78, 5) is 11.8. The lowest BCUT2D eigenvalue weighted by Crippen LogP contribution is -2.14. The highest BCUT2D eigenvalue weighted by atomic mass is 16.1. The molecule has 1 heterocycles. The smallest absolute Gasteiger partial charge is 0.275 e. The van der Waals surface area contributed by atoms with E-state index < -0.39 is 0 Å². The molecule has 88 valence electrons. The summed E-state index contributed by atoms with van der Waals surface area (Å²) in [6.45, 7) is 4.02. The number of carbonyl (C=O) groups is 1. The Labute approximate surface area is 99.0 Å². The number of nitrogens with one attached hydrogen (secondary N) is 2. The van der Waals surface area contributed by atoms with Gasteiger partial charge in [-0.3, -0.25) is 9.89 Å². The molecular formula is C12H14N4O. The lowest BCUT2D eigenvalue weighted by Gasteiger charge is -2.06. The first-order chi connectivity index (χ1) is 8.08. The maximum absolute atomic E-state index is 11.8. The van der Waals surface area contributed by atoms with Crippen molar-refractivity contribution in [1.82, 2.24) is 10.2 Å². The Bertz CT molecular complexity index is 559. The number of nitrogens with two attached hydrogens (primary N) is 1. The van der Waals surface area contributed by atoms with Gasteiger partial charge in [-0.2, -0.15) is 5.10 Å². The fraction of sp³-hybridized carbons (Fsp3) is 0.167. The van der Waals surface area contributed by atoms with Crippen LogP contribution in [0.1, 0.15) is 21.6 Å². The molecule has 0 bridgehead atoms. The average molecular weight is 230 g/mol. The Kier molecular flexibility index (Phi) is 2.82. The van der Waals surface area contributed by atoms with Crippen LogP contribution < -0.4 is 11.1 Å². The number of rotatable bonds is 2. The second-order valence-electron chi connectivity index (χ2n) is 3.95. The van der Waals surface area contributed by atoms with Crippen LogP contribution in [0.15, 0.2) is 24.4 Å². The van der Waals surface area contributed by atoms with Gasteiger partial charge in [0.2, 0.25) is 0 Å².